The molecule has 2 aromatic rings. The number of amides is 1. The van der Waals surface area contributed by atoms with Gasteiger partial charge in [0.25, 0.3) is 5.91 Å². The Bertz CT molecular complexity index is 652. The van der Waals surface area contributed by atoms with Crippen LogP contribution in [0.2, 0.25) is 5.02 Å². The number of likely N-dealkylation sites (N-methyl/N-ethyl adjacent to an activating group) is 1. The molecular formula is C15H18ClN3O. The van der Waals surface area contributed by atoms with E-state index in [1.807, 2.05) is 29.2 Å². The van der Waals surface area contributed by atoms with Crippen LogP contribution in [0.15, 0.2) is 24.3 Å². The molecule has 5 heteroatoms. The highest BCUT2D eigenvalue weighted by atomic mass is 35.5. The highest BCUT2D eigenvalue weighted by Crippen LogP contribution is 2.21. The van der Waals surface area contributed by atoms with E-state index in [4.69, 9.17) is 11.6 Å². The molecule has 0 saturated carbocycles. The summed E-state index contributed by atoms with van der Waals surface area (Å²) >= 11 is 5.98. The Labute approximate surface area is 123 Å². The molecule has 1 aliphatic heterocycles. The van der Waals surface area contributed by atoms with Crippen molar-refractivity contribution in [2.24, 2.45) is 0 Å². The maximum atomic E-state index is 12.5. The van der Waals surface area contributed by atoms with E-state index >= 15 is 0 Å². The number of halogens is 1. The minimum absolute atomic E-state index is 0.0669. The van der Waals surface area contributed by atoms with Gasteiger partial charge in [0, 0.05) is 41.6 Å². The predicted octanol–water partition coefficient (Wildman–Crippen LogP) is 2.60. The van der Waals surface area contributed by atoms with E-state index in [-0.39, 0.29) is 5.91 Å². The largest absolute Gasteiger partial charge is 0.351 e. The summed E-state index contributed by atoms with van der Waals surface area (Å²) in [6, 6.07) is 7.88. The van der Waals surface area contributed by atoms with Gasteiger partial charge in [0.05, 0.1) is 0 Å². The standard InChI is InChI=1S/C15H18ClN3O/c1-10-9-19(6-5-18(10)2)15(20)14-8-11-7-12(16)3-4-13(11)17-14/h3-4,7-8,10,17H,5-6,9H2,1-2H3. The number of nitrogens with zero attached hydrogens (tertiary/aromatic N) is 2. The Balaban J connectivity index is 1.85. The number of fused-ring (bicyclic) bond motifs is 1. The van der Waals surface area contributed by atoms with Gasteiger partial charge in [-0.05, 0) is 38.2 Å². The number of benzene rings is 1. The summed E-state index contributed by atoms with van der Waals surface area (Å²) in [5.41, 5.74) is 1.58. The summed E-state index contributed by atoms with van der Waals surface area (Å²) in [5, 5.41) is 1.66. The quantitative estimate of drug-likeness (QED) is 0.877. The van der Waals surface area contributed by atoms with E-state index in [2.05, 4.69) is 23.9 Å². The van der Waals surface area contributed by atoms with Gasteiger partial charge in [-0.3, -0.25) is 4.79 Å². The van der Waals surface area contributed by atoms with Crippen LogP contribution in [-0.4, -0.2) is 53.4 Å². The van der Waals surface area contributed by atoms with Gasteiger partial charge < -0.3 is 14.8 Å². The molecule has 1 N–H and O–H groups in total. The van der Waals surface area contributed by atoms with Crippen molar-refractivity contribution < 1.29 is 4.79 Å². The molecule has 1 aliphatic rings. The number of carbonyl (C=O) groups excluding carboxylic acids is 1. The molecular weight excluding hydrogens is 274 g/mol. The van der Waals surface area contributed by atoms with Crippen LogP contribution in [0, 0.1) is 0 Å². The molecule has 1 amide bonds. The molecule has 1 atom stereocenters. The zero-order chi connectivity index (χ0) is 14.3. The molecule has 0 aliphatic carbocycles. The van der Waals surface area contributed by atoms with Crippen LogP contribution in [0.5, 0.6) is 0 Å². The molecule has 3 rings (SSSR count). The fraction of sp³-hybridized carbons (Fsp3) is 0.400. The first kappa shape index (κ1) is 13.5. The third-order valence-electron chi connectivity index (χ3n) is 4.06. The Morgan fingerprint density at radius 3 is 2.90 bits per heavy atom. The van der Waals surface area contributed by atoms with Gasteiger partial charge in [-0.25, -0.2) is 0 Å². The maximum absolute atomic E-state index is 12.5. The molecule has 4 nitrogen and oxygen atoms in total. The molecule has 0 spiro atoms. The van der Waals surface area contributed by atoms with Crippen molar-refractivity contribution in [3.8, 4) is 0 Å². The van der Waals surface area contributed by atoms with Crippen LogP contribution in [0.4, 0.5) is 0 Å². The van der Waals surface area contributed by atoms with E-state index in [1.165, 1.54) is 0 Å². The van der Waals surface area contributed by atoms with Crippen molar-refractivity contribution in [2.75, 3.05) is 26.7 Å². The normalized spacial score (nSPS) is 20.6. The highest BCUT2D eigenvalue weighted by molar-refractivity contribution is 6.31. The summed E-state index contributed by atoms with van der Waals surface area (Å²) in [4.78, 5) is 19.9. The van der Waals surface area contributed by atoms with Crippen LogP contribution in [0.3, 0.4) is 0 Å². The molecule has 2 heterocycles. The lowest BCUT2D eigenvalue weighted by molar-refractivity contribution is 0.0568. The number of rotatable bonds is 1. The number of H-pyrrole nitrogens is 1. The van der Waals surface area contributed by atoms with Gasteiger partial charge in [-0.2, -0.15) is 0 Å². The minimum atomic E-state index is 0.0669. The number of aromatic nitrogens is 1. The van der Waals surface area contributed by atoms with Crippen LogP contribution in [0.1, 0.15) is 17.4 Å². The minimum Gasteiger partial charge on any atom is -0.351 e. The van der Waals surface area contributed by atoms with Gasteiger partial charge in [0.15, 0.2) is 0 Å². The smallest absolute Gasteiger partial charge is 0.270 e. The lowest BCUT2D eigenvalue weighted by Gasteiger charge is -2.37. The van der Waals surface area contributed by atoms with E-state index in [0.29, 0.717) is 16.8 Å². The van der Waals surface area contributed by atoms with Crippen molar-refractivity contribution in [1.29, 1.82) is 0 Å². The molecule has 0 bridgehead atoms. The zero-order valence-electron chi connectivity index (χ0n) is 11.7. The Morgan fingerprint density at radius 1 is 1.35 bits per heavy atom. The summed E-state index contributed by atoms with van der Waals surface area (Å²) in [5.74, 6) is 0.0669. The lowest BCUT2D eigenvalue weighted by Crippen LogP contribution is -2.52. The third kappa shape index (κ3) is 2.41. The molecule has 1 unspecified atom stereocenters. The van der Waals surface area contributed by atoms with Gasteiger partial charge in [0.2, 0.25) is 0 Å². The van der Waals surface area contributed by atoms with Gasteiger partial charge >= 0.3 is 0 Å². The Hall–Kier alpha value is -1.52. The average Bonchev–Trinajstić information content (AvgIpc) is 2.84. The average molecular weight is 292 g/mol. The third-order valence-corrected chi connectivity index (χ3v) is 4.30. The second-order valence-electron chi connectivity index (χ2n) is 5.50. The van der Waals surface area contributed by atoms with Crippen molar-refractivity contribution in [1.82, 2.24) is 14.8 Å². The van der Waals surface area contributed by atoms with Crippen molar-refractivity contribution in [3.05, 3.63) is 35.0 Å². The Kier molecular flexibility index (Phi) is 3.44. The van der Waals surface area contributed by atoms with Gasteiger partial charge in [-0.15, -0.1) is 0 Å². The predicted molar refractivity (Wildman–Crippen MR) is 81.3 cm³/mol. The molecule has 106 valence electrons. The second-order valence-corrected chi connectivity index (χ2v) is 5.93. The molecule has 20 heavy (non-hydrogen) atoms. The number of piperazine rings is 1. The fourth-order valence-electron chi connectivity index (χ4n) is 2.62. The van der Waals surface area contributed by atoms with Gasteiger partial charge in [0.1, 0.15) is 5.69 Å². The van der Waals surface area contributed by atoms with Crippen molar-refractivity contribution in [2.45, 2.75) is 13.0 Å². The SMILES string of the molecule is CC1CN(C(=O)c2cc3cc(Cl)ccc3[nH]2)CCN1C. The second kappa shape index (κ2) is 5.11. The summed E-state index contributed by atoms with van der Waals surface area (Å²) in [7, 11) is 2.09. The summed E-state index contributed by atoms with van der Waals surface area (Å²) in [6.45, 7) is 4.60. The number of carbonyl (C=O) groups is 1. The Morgan fingerprint density at radius 2 is 2.15 bits per heavy atom. The zero-order valence-corrected chi connectivity index (χ0v) is 12.4. The number of nitrogens with one attached hydrogen (secondary N) is 1. The number of hydrogen-bond acceptors (Lipinski definition) is 2. The van der Waals surface area contributed by atoms with Crippen LogP contribution < -0.4 is 0 Å². The first-order valence-electron chi connectivity index (χ1n) is 6.82. The van der Waals surface area contributed by atoms with Gasteiger partial charge in [-0.1, -0.05) is 11.6 Å². The molecule has 1 aromatic carbocycles. The van der Waals surface area contributed by atoms with Crippen LogP contribution >= 0.6 is 11.6 Å². The van der Waals surface area contributed by atoms with E-state index in [9.17, 15) is 4.79 Å². The van der Waals surface area contributed by atoms with Crippen LogP contribution in [-0.2, 0) is 0 Å². The lowest BCUT2D eigenvalue weighted by atomic mass is 10.2. The molecule has 0 radical (unpaired) electrons. The maximum Gasteiger partial charge on any atom is 0.270 e. The van der Waals surface area contributed by atoms with E-state index in [1.54, 1.807) is 0 Å². The first-order valence-corrected chi connectivity index (χ1v) is 7.20. The van der Waals surface area contributed by atoms with Crippen molar-refractivity contribution >= 4 is 28.4 Å². The van der Waals surface area contributed by atoms with E-state index in [0.717, 1.165) is 30.5 Å². The van der Waals surface area contributed by atoms with Crippen LogP contribution in [0.25, 0.3) is 10.9 Å². The van der Waals surface area contributed by atoms with Crippen molar-refractivity contribution in [3.63, 3.8) is 0 Å². The summed E-state index contributed by atoms with van der Waals surface area (Å²) in [6.07, 6.45) is 0. The van der Waals surface area contributed by atoms with E-state index < -0.39 is 0 Å². The molecule has 1 aromatic heterocycles. The monoisotopic (exact) mass is 291 g/mol. The fourth-order valence-corrected chi connectivity index (χ4v) is 2.80. The topological polar surface area (TPSA) is 39.3 Å². The first-order chi connectivity index (χ1) is 9.54. The molecule has 1 saturated heterocycles. The summed E-state index contributed by atoms with van der Waals surface area (Å²) < 4.78 is 0. The number of hydrogen-bond donors (Lipinski definition) is 1. The molecule has 1 fully saturated rings. The number of aromatic amines is 1. The highest BCUT2D eigenvalue weighted by Gasteiger charge is 2.25.